The first kappa shape index (κ1) is 9.81. The quantitative estimate of drug-likeness (QED) is 0.582. The van der Waals surface area contributed by atoms with Crippen molar-refractivity contribution in [1.82, 2.24) is 9.80 Å². The lowest BCUT2D eigenvalue weighted by molar-refractivity contribution is 0.133. The molecule has 2 rings (SSSR count). The molecule has 0 aliphatic carbocycles. The van der Waals surface area contributed by atoms with E-state index in [0.717, 1.165) is 32.5 Å². The number of carbonyl (C=O) groups is 1. The number of hydrogen-bond acceptors (Lipinski definition) is 1. The third-order valence-electron chi connectivity index (χ3n) is 3.51. The van der Waals surface area contributed by atoms with Gasteiger partial charge in [0.25, 0.3) is 0 Å². The Morgan fingerprint density at radius 2 is 1.71 bits per heavy atom. The molecule has 0 radical (unpaired) electrons. The zero-order valence-electron chi connectivity index (χ0n) is 9.25. The van der Waals surface area contributed by atoms with Crippen molar-refractivity contribution in [2.75, 3.05) is 19.6 Å². The summed E-state index contributed by atoms with van der Waals surface area (Å²) >= 11 is 0. The van der Waals surface area contributed by atoms with Crippen molar-refractivity contribution < 1.29 is 4.79 Å². The molecule has 2 aliphatic rings. The largest absolute Gasteiger partial charge is 0.325 e. The third-order valence-corrected chi connectivity index (χ3v) is 3.51. The van der Waals surface area contributed by atoms with E-state index >= 15 is 0 Å². The van der Waals surface area contributed by atoms with Gasteiger partial charge in [-0.25, -0.2) is 4.79 Å². The van der Waals surface area contributed by atoms with Crippen molar-refractivity contribution in [2.24, 2.45) is 0 Å². The summed E-state index contributed by atoms with van der Waals surface area (Å²) in [5.41, 5.74) is 0.0830. The summed E-state index contributed by atoms with van der Waals surface area (Å²) in [4.78, 5) is 16.2. The Morgan fingerprint density at radius 3 is 2.21 bits per heavy atom. The van der Waals surface area contributed by atoms with Crippen LogP contribution in [0.2, 0.25) is 0 Å². The lowest BCUT2D eigenvalue weighted by atomic mass is 10.0. The minimum absolute atomic E-state index is 0.0830. The van der Waals surface area contributed by atoms with Crippen LogP contribution in [0.25, 0.3) is 0 Å². The third kappa shape index (κ3) is 1.60. The fraction of sp³-hybridized carbons (Fsp3) is 0.909. The van der Waals surface area contributed by atoms with Crippen LogP contribution in [0.5, 0.6) is 0 Å². The van der Waals surface area contributed by atoms with Crippen LogP contribution in [0.4, 0.5) is 4.79 Å². The van der Waals surface area contributed by atoms with Gasteiger partial charge < -0.3 is 9.80 Å². The van der Waals surface area contributed by atoms with Gasteiger partial charge in [-0.15, -0.1) is 0 Å². The normalized spacial score (nSPS) is 25.9. The number of amides is 2. The highest BCUT2D eigenvalue weighted by atomic mass is 16.2. The van der Waals surface area contributed by atoms with Gasteiger partial charge in [0.05, 0.1) is 0 Å². The molecule has 80 valence electrons. The van der Waals surface area contributed by atoms with E-state index in [0.29, 0.717) is 0 Å². The van der Waals surface area contributed by atoms with E-state index < -0.39 is 0 Å². The molecule has 0 aromatic heterocycles. The molecule has 2 aliphatic heterocycles. The van der Waals surface area contributed by atoms with E-state index in [2.05, 4.69) is 18.7 Å². The second-order valence-corrected chi connectivity index (χ2v) is 5.04. The second-order valence-electron chi connectivity index (χ2n) is 5.04. The summed E-state index contributed by atoms with van der Waals surface area (Å²) in [6, 6.07) is 0.269. The topological polar surface area (TPSA) is 23.6 Å². The smallest absolute Gasteiger partial charge is 0.320 e. The Hall–Kier alpha value is -0.730. The number of urea groups is 1. The molecule has 0 atom stereocenters. The minimum atomic E-state index is 0.0830. The monoisotopic (exact) mass is 196 g/mol. The first-order valence-corrected chi connectivity index (χ1v) is 5.68. The van der Waals surface area contributed by atoms with Gasteiger partial charge in [-0.3, -0.25) is 0 Å². The van der Waals surface area contributed by atoms with Crippen molar-refractivity contribution >= 4 is 6.03 Å². The van der Waals surface area contributed by atoms with Crippen LogP contribution >= 0.6 is 0 Å². The van der Waals surface area contributed by atoms with Gasteiger partial charge in [-0.05, 0) is 39.5 Å². The molecule has 0 saturated carbocycles. The van der Waals surface area contributed by atoms with Gasteiger partial charge >= 0.3 is 6.03 Å². The van der Waals surface area contributed by atoms with E-state index in [1.54, 1.807) is 0 Å². The lowest BCUT2D eigenvalue weighted by Crippen LogP contribution is -2.48. The van der Waals surface area contributed by atoms with Crippen molar-refractivity contribution in [3.63, 3.8) is 0 Å². The molecular weight excluding hydrogens is 176 g/mol. The number of hydrogen-bond donors (Lipinski definition) is 0. The number of carbonyl (C=O) groups excluding carboxylic acids is 1. The molecule has 0 bridgehead atoms. The van der Waals surface area contributed by atoms with Gasteiger partial charge in [0.2, 0.25) is 0 Å². The average Bonchev–Trinajstić information content (AvgIpc) is 2.71. The van der Waals surface area contributed by atoms with Crippen LogP contribution in [0.3, 0.4) is 0 Å². The summed E-state index contributed by atoms with van der Waals surface area (Å²) in [5.74, 6) is 0. The van der Waals surface area contributed by atoms with Crippen LogP contribution < -0.4 is 0 Å². The van der Waals surface area contributed by atoms with Crippen LogP contribution in [0, 0.1) is 0 Å². The van der Waals surface area contributed by atoms with Crippen molar-refractivity contribution in [2.45, 2.75) is 45.1 Å². The highest BCUT2D eigenvalue weighted by Gasteiger charge is 2.37. The highest BCUT2D eigenvalue weighted by Crippen LogP contribution is 2.29. The van der Waals surface area contributed by atoms with E-state index in [1.807, 2.05) is 4.90 Å². The molecule has 3 nitrogen and oxygen atoms in total. The molecule has 0 aromatic rings. The molecule has 2 heterocycles. The number of likely N-dealkylation sites (tertiary alicyclic amines) is 2. The Bertz CT molecular complexity index is 231. The van der Waals surface area contributed by atoms with Gasteiger partial charge in [-0.1, -0.05) is 0 Å². The van der Waals surface area contributed by atoms with Crippen molar-refractivity contribution in [3.8, 4) is 0 Å². The molecule has 0 aromatic carbocycles. The maximum atomic E-state index is 12.1. The Kier molecular flexibility index (Phi) is 2.41. The van der Waals surface area contributed by atoms with Gasteiger partial charge in [0.15, 0.2) is 0 Å². The molecule has 2 amide bonds. The number of rotatable bonds is 0. The predicted molar refractivity (Wildman–Crippen MR) is 56.2 cm³/mol. The van der Waals surface area contributed by atoms with Crippen LogP contribution in [0.1, 0.15) is 39.5 Å². The zero-order valence-corrected chi connectivity index (χ0v) is 9.25. The maximum absolute atomic E-state index is 12.1. The Labute approximate surface area is 86.1 Å². The summed E-state index contributed by atoms with van der Waals surface area (Å²) in [5, 5.41) is 0. The Morgan fingerprint density at radius 1 is 1.07 bits per heavy atom. The minimum Gasteiger partial charge on any atom is -0.325 e. The highest BCUT2D eigenvalue weighted by molar-refractivity contribution is 5.75. The molecule has 3 heteroatoms. The summed E-state index contributed by atoms with van der Waals surface area (Å²) in [6.07, 6.45) is 4.67. The Balaban J connectivity index is 2.03. The van der Waals surface area contributed by atoms with E-state index in [-0.39, 0.29) is 11.6 Å². The fourth-order valence-corrected chi connectivity index (χ4v) is 2.54. The van der Waals surface area contributed by atoms with E-state index in [9.17, 15) is 4.79 Å². The fourth-order valence-electron chi connectivity index (χ4n) is 2.54. The van der Waals surface area contributed by atoms with Crippen LogP contribution in [0.15, 0.2) is 0 Å². The zero-order chi connectivity index (χ0) is 10.2. The second kappa shape index (κ2) is 3.44. The van der Waals surface area contributed by atoms with E-state index in [4.69, 9.17) is 0 Å². The van der Waals surface area contributed by atoms with Crippen LogP contribution in [-0.2, 0) is 0 Å². The van der Waals surface area contributed by atoms with Crippen molar-refractivity contribution in [3.05, 3.63) is 0 Å². The van der Waals surface area contributed by atoms with E-state index in [1.165, 1.54) is 12.8 Å². The van der Waals surface area contributed by atoms with Gasteiger partial charge in [0, 0.05) is 25.2 Å². The molecule has 2 saturated heterocycles. The van der Waals surface area contributed by atoms with Crippen molar-refractivity contribution in [1.29, 1.82) is 0 Å². The van der Waals surface area contributed by atoms with Gasteiger partial charge in [-0.2, -0.15) is 0 Å². The molecule has 2 fully saturated rings. The first-order chi connectivity index (χ1) is 6.61. The maximum Gasteiger partial charge on any atom is 0.320 e. The first-order valence-electron chi connectivity index (χ1n) is 5.68. The SMILES string of the molecule is CC1(C)CCCN1C(=O)N1CCCC1. The average molecular weight is 196 g/mol. The predicted octanol–water partition coefficient (Wildman–Crippen LogP) is 2.08. The standard InChI is InChI=1S/C11H20N2O/c1-11(2)6-5-9-13(11)10(14)12-7-3-4-8-12/h3-9H2,1-2H3. The molecule has 14 heavy (non-hydrogen) atoms. The summed E-state index contributed by atoms with van der Waals surface area (Å²) in [6.45, 7) is 7.22. The molecule has 0 unspecified atom stereocenters. The molecular formula is C11H20N2O. The molecule has 0 N–H and O–H groups in total. The van der Waals surface area contributed by atoms with Crippen LogP contribution in [-0.4, -0.2) is 41.0 Å². The summed E-state index contributed by atoms with van der Waals surface area (Å²) < 4.78 is 0. The molecule has 0 spiro atoms. The van der Waals surface area contributed by atoms with Gasteiger partial charge in [0.1, 0.15) is 0 Å². The lowest BCUT2D eigenvalue weighted by Gasteiger charge is -2.34. The summed E-state index contributed by atoms with van der Waals surface area (Å²) in [7, 11) is 0. The number of nitrogens with zero attached hydrogens (tertiary/aromatic N) is 2.